The quantitative estimate of drug-likeness (QED) is 0.740. The van der Waals surface area contributed by atoms with E-state index in [1.54, 1.807) is 4.52 Å². The fraction of sp³-hybridized carbons (Fsp3) is 0.474. The summed E-state index contributed by atoms with van der Waals surface area (Å²) >= 11 is 0. The highest BCUT2D eigenvalue weighted by Gasteiger charge is 2.18. The van der Waals surface area contributed by atoms with E-state index in [9.17, 15) is 0 Å². The zero-order chi connectivity index (χ0) is 18.8. The molecular weight excluding hydrogens is 340 g/mol. The number of rotatable bonds is 5. The Hall–Kier alpha value is -2.74. The summed E-state index contributed by atoms with van der Waals surface area (Å²) in [5, 5.41) is 7.82. The van der Waals surface area contributed by atoms with E-state index in [4.69, 9.17) is 0 Å². The average molecular weight is 366 g/mol. The molecule has 0 bridgehead atoms. The Morgan fingerprint density at radius 3 is 2.74 bits per heavy atom. The molecule has 0 amide bonds. The second kappa shape index (κ2) is 7.48. The summed E-state index contributed by atoms with van der Waals surface area (Å²) < 4.78 is 1.75. The van der Waals surface area contributed by atoms with Crippen LogP contribution >= 0.6 is 0 Å². The summed E-state index contributed by atoms with van der Waals surface area (Å²) in [6, 6.07) is 6.18. The van der Waals surface area contributed by atoms with Gasteiger partial charge >= 0.3 is 0 Å². The van der Waals surface area contributed by atoms with Crippen molar-refractivity contribution in [2.45, 2.75) is 26.3 Å². The molecule has 3 aromatic rings. The third kappa shape index (κ3) is 3.71. The van der Waals surface area contributed by atoms with Crippen LogP contribution in [-0.4, -0.2) is 62.7 Å². The predicted molar refractivity (Wildman–Crippen MR) is 106 cm³/mol. The van der Waals surface area contributed by atoms with Gasteiger partial charge in [-0.1, -0.05) is 19.9 Å². The molecule has 1 saturated heterocycles. The minimum Gasteiger partial charge on any atom is -0.366 e. The molecule has 1 N–H and O–H groups in total. The number of nitrogens with zero attached hydrogens (tertiary/aromatic N) is 7. The lowest BCUT2D eigenvalue weighted by molar-refractivity contribution is 0.312. The number of likely N-dealkylation sites (N-methyl/N-ethyl adjacent to an activating group) is 1. The second-order valence-electron chi connectivity index (χ2n) is 7.32. The second-order valence-corrected chi connectivity index (χ2v) is 7.32. The van der Waals surface area contributed by atoms with Gasteiger partial charge in [0.05, 0.1) is 5.69 Å². The fourth-order valence-corrected chi connectivity index (χ4v) is 3.31. The molecule has 142 valence electrons. The van der Waals surface area contributed by atoms with Crippen LogP contribution in [0.15, 0.2) is 30.7 Å². The summed E-state index contributed by atoms with van der Waals surface area (Å²) in [6.45, 7) is 9.06. The lowest BCUT2D eigenvalue weighted by atomic mass is 10.1. The number of fused-ring (bicyclic) bond motifs is 1. The maximum atomic E-state index is 4.66. The van der Waals surface area contributed by atoms with Crippen molar-refractivity contribution < 1.29 is 0 Å². The van der Waals surface area contributed by atoms with Crippen molar-refractivity contribution in [2.75, 3.05) is 43.4 Å². The average Bonchev–Trinajstić information content (AvgIpc) is 3.16. The predicted octanol–water partition coefficient (Wildman–Crippen LogP) is 2.01. The van der Waals surface area contributed by atoms with Crippen LogP contribution in [0, 0.1) is 0 Å². The molecule has 0 aromatic carbocycles. The first kappa shape index (κ1) is 17.7. The van der Waals surface area contributed by atoms with E-state index < -0.39 is 0 Å². The topological polar surface area (TPSA) is 74.5 Å². The third-order valence-electron chi connectivity index (χ3n) is 4.99. The molecule has 4 heterocycles. The highest BCUT2D eigenvalue weighted by molar-refractivity contribution is 5.51. The smallest absolute Gasteiger partial charge is 0.254 e. The molecule has 8 nitrogen and oxygen atoms in total. The normalized spacial score (nSPS) is 15.6. The van der Waals surface area contributed by atoms with Gasteiger partial charge in [-0.3, -0.25) is 0 Å². The van der Waals surface area contributed by atoms with Gasteiger partial charge < -0.3 is 15.1 Å². The molecule has 1 aliphatic heterocycles. The van der Waals surface area contributed by atoms with Gasteiger partial charge in [-0.25, -0.2) is 9.97 Å². The van der Waals surface area contributed by atoms with Crippen LogP contribution < -0.4 is 10.2 Å². The van der Waals surface area contributed by atoms with E-state index >= 15 is 0 Å². The lowest BCUT2D eigenvalue weighted by Crippen LogP contribution is -2.45. The Balaban J connectivity index is 1.58. The van der Waals surface area contributed by atoms with E-state index in [0.717, 1.165) is 43.5 Å². The number of aromatic nitrogens is 5. The molecule has 3 aromatic heterocycles. The molecule has 0 atom stereocenters. The van der Waals surface area contributed by atoms with E-state index in [2.05, 4.69) is 68.2 Å². The van der Waals surface area contributed by atoms with Crippen LogP contribution in [0.25, 0.3) is 5.78 Å². The molecular formula is C19H26N8. The van der Waals surface area contributed by atoms with Gasteiger partial charge in [0, 0.05) is 50.6 Å². The van der Waals surface area contributed by atoms with Crippen molar-refractivity contribution in [2.24, 2.45) is 0 Å². The molecule has 8 heteroatoms. The van der Waals surface area contributed by atoms with Gasteiger partial charge in [-0.2, -0.15) is 14.6 Å². The van der Waals surface area contributed by atoms with Crippen molar-refractivity contribution in [3.05, 3.63) is 42.0 Å². The number of hydrogen-bond acceptors (Lipinski definition) is 7. The van der Waals surface area contributed by atoms with Gasteiger partial charge in [0.25, 0.3) is 5.78 Å². The highest BCUT2D eigenvalue weighted by atomic mass is 15.4. The van der Waals surface area contributed by atoms with Gasteiger partial charge in [0.15, 0.2) is 0 Å². The van der Waals surface area contributed by atoms with E-state index in [1.165, 1.54) is 11.9 Å². The van der Waals surface area contributed by atoms with Gasteiger partial charge in [-0.05, 0) is 19.0 Å². The molecule has 1 fully saturated rings. The number of nitrogens with one attached hydrogen (secondary N) is 1. The summed E-state index contributed by atoms with van der Waals surface area (Å²) in [7, 11) is 2.16. The largest absolute Gasteiger partial charge is 0.366 e. The Labute approximate surface area is 159 Å². The maximum absolute atomic E-state index is 4.66. The van der Waals surface area contributed by atoms with E-state index in [1.807, 2.05) is 12.3 Å². The van der Waals surface area contributed by atoms with Crippen molar-refractivity contribution in [3.8, 4) is 0 Å². The SMILES string of the molecule is CC(C)c1cc(NCc2cccnc2N2CCN(C)CC2)n2ncnc2n1. The standard InChI is InChI=1S/C19H26N8/c1-14(2)16-11-17(27-19(24-16)22-13-23-27)21-12-15-5-4-6-20-18(15)26-9-7-25(3)8-10-26/h4-6,11,13-14,21H,7-10,12H2,1-3H3. The monoisotopic (exact) mass is 366 g/mol. The van der Waals surface area contributed by atoms with Crippen molar-refractivity contribution in [1.82, 2.24) is 29.5 Å². The van der Waals surface area contributed by atoms with Crippen molar-refractivity contribution in [1.29, 1.82) is 0 Å². The zero-order valence-electron chi connectivity index (χ0n) is 16.1. The first-order chi connectivity index (χ1) is 13.1. The van der Waals surface area contributed by atoms with Crippen molar-refractivity contribution in [3.63, 3.8) is 0 Å². The van der Waals surface area contributed by atoms with Crippen LogP contribution in [0.1, 0.15) is 31.0 Å². The minimum atomic E-state index is 0.326. The Kier molecular flexibility index (Phi) is 4.89. The number of anilines is 2. The summed E-state index contributed by atoms with van der Waals surface area (Å²) in [5.74, 6) is 2.90. The molecule has 4 rings (SSSR count). The van der Waals surface area contributed by atoms with Crippen molar-refractivity contribution >= 4 is 17.4 Å². The summed E-state index contributed by atoms with van der Waals surface area (Å²) in [4.78, 5) is 18.2. The van der Waals surface area contributed by atoms with Crippen LogP contribution in [0.2, 0.25) is 0 Å². The van der Waals surface area contributed by atoms with Gasteiger partial charge in [0.1, 0.15) is 18.0 Å². The third-order valence-corrected chi connectivity index (χ3v) is 4.99. The molecule has 0 unspecified atom stereocenters. The maximum Gasteiger partial charge on any atom is 0.254 e. The number of hydrogen-bond donors (Lipinski definition) is 1. The van der Waals surface area contributed by atoms with Crippen LogP contribution in [-0.2, 0) is 6.54 Å². The molecule has 0 aliphatic carbocycles. The summed E-state index contributed by atoms with van der Waals surface area (Å²) in [6.07, 6.45) is 3.41. The molecule has 0 radical (unpaired) electrons. The number of piperazine rings is 1. The van der Waals surface area contributed by atoms with Gasteiger partial charge in [0.2, 0.25) is 0 Å². The summed E-state index contributed by atoms with van der Waals surface area (Å²) in [5.41, 5.74) is 2.18. The van der Waals surface area contributed by atoms with Crippen LogP contribution in [0.3, 0.4) is 0 Å². The van der Waals surface area contributed by atoms with E-state index in [-0.39, 0.29) is 0 Å². The first-order valence-corrected chi connectivity index (χ1v) is 9.44. The van der Waals surface area contributed by atoms with Crippen LogP contribution in [0.4, 0.5) is 11.6 Å². The fourth-order valence-electron chi connectivity index (χ4n) is 3.31. The molecule has 0 saturated carbocycles. The Morgan fingerprint density at radius 2 is 1.96 bits per heavy atom. The van der Waals surface area contributed by atoms with E-state index in [0.29, 0.717) is 18.2 Å². The number of pyridine rings is 1. The highest BCUT2D eigenvalue weighted by Crippen LogP contribution is 2.22. The lowest BCUT2D eigenvalue weighted by Gasteiger charge is -2.34. The van der Waals surface area contributed by atoms with Crippen LogP contribution in [0.5, 0.6) is 0 Å². The molecule has 27 heavy (non-hydrogen) atoms. The Bertz CT molecular complexity index is 911. The first-order valence-electron chi connectivity index (χ1n) is 9.44. The zero-order valence-corrected chi connectivity index (χ0v) is 16.1. The molecule has 0 spiro atoms. The Morgan fingerprint density at radius 1 is 1.15 bits per heavy atom. The van der Waals surface area contributed by atoms with Gasteiger partial charge in [-0.15, -0.1) is 0 Å². The minimum absolute atomic E-state index is 0.326. The molecule has 1 aliphatic rings.